The maximum absolute atomic E-state index is 5.90. The summed E-state index contributed by atoms with van der Waals surface area (Å²) < 4.78 is 11.4. The summed E-state index contributed by atoms with van der Waals surface area (Å²) in [7, 11) is 1.71. The fourth-order valence-corrected chi connectivity index (χ4v) is 4.14. The summed E-state index contributed by atoms with van der Waals surface area (Å²) in [4.78, 5) is 7.28. The molecule has 3 heterocycles. The number of ether oxygens (including phenoxy) is 2. The monoisotopic (exact) mass is 354 g/mol. The molecule has 4 rings (SSSR count). The third-order valence-electron chi connectivity index (χ3n) is 5.16. The Hall–Kier alpha value is -2.18. The van der Waals surface area contributed by atoms with E-state index in [4.69, 9.17) is 14.5 Å². The Bertz CT molecular complexity index is 955. The summed E-state index contributed by atoms with van der Waals surface area (Å²) in [5.74, 6) is 0.863. The molecule has 1 saturated heterocycles. The third-order valence-corrected chi connectivity index (χ3v) is 5.16. The maximum Gasteiger partial charge on any atom is 0.182 e. The number of morpholine rings is 1. The average molecular weight is 354 g/mol. The Balaban J connectivity index is 1.91. The molecule has 0 unspecified atom stereocenters. The van der Waals surface area contributed by atoms with Crippen molar-refractivity contribution in [2.75, 3.05) is 20.2 Å². The van der Waals surface area contributed by atoms with Gasteiger partial charge in [-0.2, -0.15) is 5.10 Å². The number of hydrogen-bond acceptors (Lipinski definition) is 5. The number of nitrogens with zero attached hydrogens (tertiary/aromatic N) is 3. The molecular weight excluding hydrogens is 328 g/mol. The number of hydrogen-bond donors (Lipinski definition) is 1. The maximum atomic E-state index is 5.90. The quantitative estimate of drug-likeness (QED) is 0.781. The highest BCUT2D eigenvalue weighted by molar-refractivity contribution is 5.99. The number of pyridine rings is 1. The van der Waals surface area contributed by atoms with Crippen LogP contribution in [0.5, 0.6) is 5.75 Å². The lowest BCUT2D eigenvalue weighted by molar-refractivity contribution is -0.0703. The number of aryl methyl sites for hydroxylation is 2. The Morgan fingerprint density at radius 3 is 2.65 bits per heavy atom. The molecular formula is C20H26N4O2. The van der Waals surface area contributed by atoms with Crippen molar-refractivity contribution in [2.24, 2.45) is 0 Å². The lowest BCUT2D eigenvalue weighted by Gasteiger charge is -2.35. The van der Waals surface area contributed by atoms with Crippen molar-refractivity contribution in [1.29, 1.82) is 0 Å². The number of H-pyrrole nitrogens is 1. The van der Waals surface area contributed by atoms with Crippen LogP contribution in [0.25, 0.3) is 21.9 Å². The van der Waals surface area contributed by atoms with Gasteiger partial charge in [0.1, 0.15) is 5.75 Å². The molecule has 2 atom stereocenters. The van der Waals surface area contributed by atoms with E-state index in [-0.39, 0.29) is 12.2 Å². The van der Waals surface area contributed by atoms with Crippen LogP contribution in [0.2, 0.25) is 0 Å². The van der Waals surface area contributed by atoms with Crippen LogP contribution in [0.3, 0.4) is 0 Å². The average Bonchev–Trinajstić information content (AvgIpc) is 2.95. The van der Waals surface area contributed by atoms with Gasteiger partial charge in [0, 0.05) is 36.1 Å². The zero-order valence-corrected chi connectivity index (χ0v) is 16.1. The molecule has 0 bridgehead atoms. The molecule has 1 fully saturated rings. The highest BCUT2D eigenvalue weighted by atomic mass is 16.5. The second-order valence-corrected chi connectivity index (χ2v) is 7.43. The summed E-state index contributed by atoms with van der Waals surface area (Å²) in [6, 6.07) is 4.13. The van der Waals surface area contributed by atoms with Crippen LogP contribution >= 0.6 is 0 Å². The van der Waals surface area contributed by atoms with Gasteiger partial charge < -0.3 is 9.47 Å². The smallest absolute Gasteiger partial charge is 0.182 e. The first-order valence-corrected chi connectivity index (χ1v) is 9.16. The first kappa shape index (κ1) is 17.2. The fourth-order valence-electron chi connectivity index (χ4n) is 4.14. The normalized spacial score (nSPS) is 21.6. The Labute approximate surface area is 153 Å². The van der Waals surface area contributed by atoms with Crippen LogP contribution in [0.4, 0.5) is 0 Å². The van der Waals surface area contributed by atoms with E-state index < -0.39 is 0 Å². The SMILES string of the molecule is COc1cc(C)c2nc3n[nH]c(C)c3c(CN3C[C@@H](C)O[C@@H](C)C3)c2c1. The highest BCUT2D eigenvalue weighted by Crippen LogP contribution is 2.33. The van der Waals surface area contributed by atoms with Crippen molar-refractivity contribution in [2.45, 2.75) is 46.4 Å². The molecule has 2 aromatic heterocycles. The zero-order valence-electron chi connectivity index (χ0n) is 16.1. The lowest BCUT2D eigenvalue weighted by Crippen LogP contribution is -2.44. The predicted octanol–water partition coefficient (Wildman–Crippen LogP) is 3.35. The second-order valence-electron chi connectivity index (χ2n) is 7.43. The first-order chi connectivity index (χ1) is 12.5. The summed E-state index contributed by atoms with van der Waals surface area (Å²) >= 11 is 0. The van der Waals surface area contributed by atoms with Crippen molar-refractivity contribution in [3.8, 4) is 5.75 Å². The molecule has 1 aliphatic rings. The topological polar surface area (TPSA) is 63.3 Å². The fraction of sp³-hybridized carbons (Fsp3) is 0.500. The Kier molecular flexibility index (Phi) is 4.32. The first-order valence-electron chi connectivity index (χ1n) is 9.16. The lowest BCUT2D eigenvalue weighted by atomic mass is 10.00. The molecule has 0 aliphatic carbocycles. The van der Waals surface area contributed by atoms with Gasteiger partial charge in [-0.05, 0) is 51.0 Å². The molecule has 1 N–H and O–H groups in total. The molecule has 26 heavy (non-hydrogen) atoms. The standard InChI is InChI=1S/C20H26N4O2/c1-11-6-15(25-5)7-16-17(10-24-8-12(2)26-13(3)9-24)18-14(4)22-23-20(18)21-19(11)16/h6-7,12-13H,8-10H2,1-5H3,(H,21,22,23)/t12-,13+. The van der Waals surface area contributed by atoms with E-state index in [1.54, 1.807) is 7.11 Å². The van der Waals surface area contributed by atoms with Gasteiger partial charge in [-0.3, -0.25) is 10.00 Å². The van der Waals surface area contributed by atoms with E-state index >= 15 is 0 Å². The van der Waals surface area contributed by atoms with E-state index in [9.17, 15) is 0 Å². The molecule has 0 radical (unpaired) electrons. The number of aromatic nitrogens is 3. The second kappa shape index (κ2) is 6.52. The zero-order chi connectivity index (χ0) is 18.4. The number of aromatic amines is 1. The molecule has 0 spiro atoms. The molecule has 1 aliphatic heterocycles. The molecule has 138 valence electrons. The van der Waals surface area contributed by atoms with Gasteiger partial charge in [0.05, 0.1) is 24.8 Å². The minimum absolute atomic E-state index is 0.240. The van der Waals surface area contributed by atoms with Gasteiger partial charge in [0.2, 0.25) is 0 Å². The van der Waals surface area contributed by atoms with Crippen LogP contribution < -0.4 is 4.74 Å². The van der Waals surface area contributed by atoms with Crippen molar-refractivity contribution in [3.05, 3.63) is 29.0 Å². The molecule has 0 amide bonds. The predicted molar refractivity (Wildman–Crippen MR) is 103 cm³/mol. The van der Waals surface area contributed by atoms with E-state index in [2.05, 4.69) is 48.9 Å². The summed E-state index contributed by atoms with van der Waals surface area (Å²) in [6.07, 6.45) is 0.480. The molecule has 6 heteroatoms. The van der Waals surface area contributed by atoms with Crippen molar-refractivity contribution in [3.63, 3.8) is 0 Å². The van der Waals surface area contributed by atoms with Gasteiger partial charge in [-0.15, -0.1) is 0 Å². The van der Waals surface area contributed by atoms with Gasteiger partial charge in [0.15, 0.2) is 5.65 Å². The Morgan fingerprint density at radius 1 is 1.23 bits per heavy atom. The molecule has 6 nitrogen and oxygen atoms in total. The van der Waals surface area contributed by atoms with Crippen molar-refractivity contribution >= 4 is 21.9 Å². The summed E-state index contributed by atoms with van der Waals surface area (Å²) in [5.41, 5.74) is 5.20. The minimum atomic E-state index is 0.240. The van der Waals surface area contributed by atoms with E-state index in [0.29, 0.717) is 0 Å². The number of benzene rings is 1. The van der Waals surface area contributed by atoms with Gasteiger partial charge >= 0.3 is 0 Å². The third kappa shape index (κ3) is 2.93. The number of nitrogens with one attached hydrogen (secondary N) is 1. The number of rotatable bonds is 3. The highest BCUT2D eigenvalue weighted by Gasteiger charge is 2.25. The number of methoxy groups -OCH3 is 1. The van der Waals surface area contributed by atoms with E-state index in [1.807, 2.05) is 6.07 Å². The van der Waals surface area contributed by atoms with Gasteiger partial charge in [0.25, 0.3) is 0 Å². The van der Waals surface area contributed by atoms with Crippen molar-refractivity contribution in [1.82, 2.24) is 20.1 Å². The largest absolute Gasteiger partial charge is 0.497 e. The van der Waals surface area contributed by atoms with Gasteiger partial charge in [-0.25, -0.2) is 4.98 Å². The Morgan fingerprint density at radius 2 is 1.96 bits per heavy atom. The van der Waals surface area contributed by atoms with Crippen LogP contribution in [0.1, 0.15) is 30.7 Å². The van der Waals surface area contributed by atoms with Crippen LogP contribution in [-0.2, 0) is 11.3 Å². The van der Waals surface area contributed by atoms with E-state index in [1.165, 1.54) is 5.56 Å². The van der Waals surface area contributed by atoms with Crippen molar-refractivity contribution < 1.29 is 9.47 Å². The van der Waals surface area contributed by atoms with Gasteiger partial charge in [-0.1, -0.05) is 0 Å². The molecule has 0 saturated carbocycles. The molecule has 3 aromatic rings. The van der Waals surface area contributed by atoms with Crippen LogP contribution in [0.15, 0.2) is 12.1 Å². The summed E-state index contributed by atoms with van der Waals surface area (Å²) in [5, 5.41) is 9.80. The van der Waals surface area contributed by atoms with E-state index in [0.717, 1.165) is 58.6 Å². The minimum Gasteiger partial charge on any atom is -0.497 e. The van der Waals surface area contributed by atoms with Crippen LogP contribution in [-0.4, -0.2) is 52.5 Å². The molecule has 1 aromatic carbocycles. The van der Waals surface area contributed by atoms with Crippen LogP contribution in [0, 0.1) is 13.8 Å². The number of fused-ring (bicyclic) bond motifs is 2. The summed E-state index contributed by atoms with van der Waals surface area (Å²) in [6.45, 7) is 11.1.